The monoisotopic (exact) mass is 1070 g/mol. The molecule has 4 aliphatic rings. The first-order valence-corrected chi connectivity index (χ1v) is 27.4. The van der Waals surface area contributed by atoms with Crippen molar-refractivity contribution >= 4 is 23.2 Å². The second-order valence-corrected chi connectivity index (χ2v) is 23.2. The van der Waals surface area contributed by atoms with E-state index in [9.17, 15) is 13.2 Å². The van der Waals surface area contributed by atoms with Gasteiger partial charge < -0.3 is 14.2 Å². The Morgan fingerprint density at radius 1 is 0.707 bits per heavy atom. The summed E-state index contributed by atoms with van der Waals surface area (Å²) in [6, 6.07) is 26.7. The second-order valence-electron chi connectivity index (χ2n) is 22.4. The second kappa shape index (κ2) is 26.6. The molecule has 2 saturated heterocycles. The van der Waals surface area contributed by atoms with Crippen LogP contribution in [-0.4, -0.2) is 65.5 Å². The summed E-state index contributed by atoms with van der Waals surface area (Å²) >= 11 is 12.5. The number of ether oxygens (including phenoxy) is 3. The van der Waals surface area contributed by atoms with Gasteiger partial charge in [-0.1, -0.05) is 98.4 Å². The fraction of sp³-hybridized carbons (Fsp3) is 0.492. The Hall–Kier alpha value is -4.71. The third-order valence-electron chi connectivity index (χ3n) is 14.9. The first-order chi connectivity index (χ1) is 35.4. The average Bonchev–Trinajstić information content (AvgIpc) is 3.61. The van der Waals surface area contributed by atoms with Gasteiger partial charge in [-0.25, -0.2) is 0 Å². The van der Waals surface area contributed by atoms with Crippen molar-refractivity contribution in [1.82, 2.24) is 19.7 Å². The minimum Gasteiger partial charge on any atom is -0.405 e. The van der Waals surface area contributed by atoms with Crippen LogP contribution >= 0.6 is 23.2 Å². The summed E-state index contributed by atoms with van der Waals surface area (Å²) in [5, 5.41) is 5.99. The van der Waals surface area contributed by atoms with Crippen molar-refractivity contribution in [2.24, 2.45) is 18.9 Å². The van der Waals surface area contributed by atoms with Crippen LogP contribution < -0.4 is 4.74 Å². The van der Waals surface area contributed by atoms with Crippen molar-refractivity contribution in [1.29, 1.82) is 0 Å². The molecule has 4 aromatic carbocycles. The third kappa shape index (κ3) is 17.4. The topological polar surface area (TPSA) is 61.6 Å². The average molecular weight is 1070 g/mol. The fourth-order valence-electron chi connectivity index (χ4n) is 10.6. The summed E-state index contributed by atoms with van der Waals surface area (Å²) in [4.78, 5) is 6.52. The van der Waals surface area contributed by atoms with Crippen LogP contribution in [-0.2, 0) is 40.3 Å². The number of fused-ring (bicyclic) bond motifs is 1. The summed E-state index contributed by atoms with van der Waals surface area (Å²) in [7, 11) is 1.96. The van der Waals surface area contributed by atoms with Crippen molar-refractivity contribution in [2.75, 3.05) is 39.5 Å². The fourth-order valence-corrected chi connectivity index (χ4v) is 11.1. The van der Waals surface area contributed by atoms with E-state index >= 15 is 0 Å². The Labute approximate surface area is 456 Å². The van der Waals surface area contributed by atoms with Crippen molar-refractivity contribution in [3.8, 4) is 17.0 Å². The van der Waals surface area contributed by atoms with Gasteiger partial charge in [0.1, 0.15) is 5.75 Å². The van der Waals surface area contributed by atoms with Crippen molar-refractivity contribution in [2.45, 2.75) is 145 Å². The lowest BCUT2D eigenvalue weighted by Crippen LogP contribution is -2.35. The molecule has 0 spiro atoms. The van der Waals surface area contributed by atoms with Crippen LogP contribution in [0.3, 0.4) is 0 Å². The minimum atomic E-state index is -4.66. The number of aromatic nitrogens is 3. The maximum atomic E-state index is 12.4. The number of nitrogens with zero attached hydrogens (tertiary/aromatic N) is 4. The van der Waals surface area contributed by atoms with E-state index in [1.54, 1.807) is 19.4 Å². The quantitative estimate of drug-likeness (QED) is 0.159. The predicted octanol–water partition coefficient (Wildman–Crippen LogP) is 16.4. The molecule has 7 nitrogen and oxygen atoms in total. The van der Waals surface area contributed by atoms with Crippen LogP contribution in [0.4, 0.5) is 13.2 Å². The highest BCUT2D eigenvalue weighted by Crippen LogP contribution is 2.65. The number of rotatable bonds is 7. The number of benzene rings is 4. The Kier molecular flexibility index (Phi) is 21.1. The molecular formula is C63H81Cl2F3N4O3. The van der Waals surface area contributed by atoms with Crippen molar-refractivity contribution < 1.29 is 27.4 Å². The lowest BCUT2D eigenvalue weighted by atomic mass is 9.88. The molecule has 3 atom stereocenters. The number of aryl methyl sites for hydroxylation is 6. The van der Waals surface area contributed by atoms with E-state index < -0.39 is 6.36 Å². The van der Waals surface area contributed by atoms with Gasteiger partial charge in [0.25, 0.3) is 0 Å². The van der Waals surface area contributed by atoms with Crippen LogP contribution in [0.15, 0.2) is 91.3 Å². The van der Waals surface area contributed by atoms with E-state index in [0.717, 1.165) is 71.2 Å². The molecule has 0 N–H and O–H groups in total. The lowest BCUT2D eigenvalue weighted by molar-refractivity contribution is -0.274. The number of halogens is 5. The van der Waals surface area contributed by atoms with Crippen LogP contribution in [0.5, 0.6) is 5.75 Å². The Morgan fingerprint density at radius 2 is 1.39 bits per heavy atom. The molecule has 12 heteroatoms. The summed E-state index contributed by atoms with van der Waals surface area (Å²) in [5.74, 6) is 1.53. The van der Waals surface area contributed by atoms with E-state index in [1.165, 1.54) is 89.1 Å². The molecule has 0 amide bonds. The molecule has 2 aliphatic carbocycles. The molecule has 3 unspecified atom stereocenters. The Balaban J connectivity index is 0.000000154. The first kappa shape index (κ1) is 59.5. The highest BCUT2D eigenvalue weighted by Gasteiger charge is 2.58. The van der Waals surface area contributed by atoms with Crippen LogP contribution in [0.2, 0.25) is 10.0 Å². The van der Waals surface area contributed by atoms with E-state index in [-0.39, 0.29) is 11.2 Å². The van der Waals surface area contributed by atoms with Gasteiger partial charge in [0.05, 0.1) is 18.9 Å². The van der Waals surface area contributed by atoms with E-state index in [1.807, 2.05) is 42.3 Å². The lowest BCUT2D eigenvalue weighted by Gasteiger charge is -2.27. The number of hydrogen-bond acceptors (Lipinski definition) is 6. The first-order valence-electron chi connectivity index (χ1n) is 26.7. The number of hydrogen-bond donors (Lipinski definition) is 0. The van der Waals surface area contributed by atoms with Gasteiger partial charge in [-0.2, -0.15) is 5.10 Å². The van der Waals surface area contributed by atoms with Gasteiger partial charge in [-0.05, 0) is 203 Å². The molecule has 2 aliphatic heterocycles. The zero-order chi connectivity index (χ0) is 54.7. The van der Waals surface area contributed by atoms with Crippen LogP contribution in [0.25, 0.3) is 11.3 Å². The van der Waals surface area contributed by atoms with E-state index in [0.29, 0.717) is 36.7 Å². The summed E-state index contributed by atoms with van der Waals surface area (Å²) in [5.41, 5.74) is 17.0. The molecule has 4 fully saturated rings. The highest BCUT2D eigenvalue weighted by atomic mass is 35.5. The molecule has 6 aromatic rings. The van der Waals surface area contributed by atoms with Gasteiger partial charge >= 0.3 is 6.36 Å². The molecule has 2 saturated carbocycles. The molecular weight excluding hydrogens is 989 g/mol. The Bertz CT molecular complexity index is 2790. The zero-order valence-electron chi connectivity index (χ0n) is 46.6. The highest BCUT2D eigenvalue weighted by molar-refractivity contribution is 6.31. The third-order valence-corrected chi connectivity index (χ3v) is 15.7. The van der Waals surface area contributed by atoms with Gasteiger partial charge in [0.15, 0.2) is 0 Å². The number of alkyl halides is 3. The molecule has 75 heavy (non-hydrogen) atoms. The SMILES string of the molecule is Cc1cc(CN2CCOCC2)c(C)c(OC(F)(F)F)c1.Cc1cc(Cl)c(C)c(C23CCCC2C3)c1.Cc1cc(Cl)c(C)c(CC2CCCOC2)c1.Cc1ccc(C(C)(C)C)nc1.Cc1cccc(-c2ccnn2C)c1. The minimum absolute atomic E-state index is 0.110. The van der Waals surface area contributed by atoms with Crippen LogP contribution in [0.1, 0.15) is 126 Å². The van der Waals surface area contributed by atoms with E-state index in [4.69, 9.17) is 32.7 Å². The normalized spacial score (nSPS) is 19.2. The molecule has 10 rings (SSSR count). The molecule has 4 heterocycles. The summed E-state index contributed by atoms with van der Waals surface area (Å²) in [6.45, 7) is 28.0. The van der Waals surface area contributed by atoms with Gasteiger partial charge in [0, 0.05) is 79.0 Å². The molecule has 2 aromatic heterocycles. The molecule has 0 radical (unpaired) electrons. The molecule has 0 bridgehead atoms. The standard InChI is InChI=1S/C14H19ClO.C14H17Cl.C14H18F3NO2.C11H12N2.C10H15N/c1-10-6-13(11(2)14(15)7-10)8-12-4-3-5-16-9-12;1-9-6-12(10(2)13(15)7-9)14-5-3-4-11(14)8-14;1-10-7-12(9-18-3-5-19-6-4-18)11(2)13(8-10)20-14(15,16)17;1-9-4-3-5-10(8-9)11-6-7-12-13(11)2;1-8-5-6-9(11-7-8)10(2,3)4/h6-7,12H,3-5,8-9H2,1-2H3;6-7,11H,3-5,8H2,1-2H3;7-8H,3-6,9H2,1-2H3;3-8H,1-2H3;5-7H,1-4H3. The maximum absolute atomic E-state index is 12.4. The Morgan fingerprint density at radius 3 is 1.96 bits per heavy atom. The maximum Gasteiger partial charge on any atom is 0.573 e. The molecule has 406 valence electrons. The number of morpholine rings is 1. The van der Waals surface area contributed by atoms with Crippen molar-refractivity contribution in [3.05, 3.63) is 168 Å². The van der Waals surface area contributed by atoms with Crippen molar-refractivity contribution in [3.63, 3.8) is 0 Å². The summed E-state index contributed by atoms with van der Waals surface area (Å²) < 4.78 is 54.0. The zero-order valence-corrected chi connectivity index (χ0v) is 48.1. The van der Waals surface area contributed by atoms with E-state index in [2.05, 4.69) is 137 Å². The van der Waals surface area contributed by atoms with Crippen LogP contribution in [0, 0.1) is 67.2 Å². The smallest absolute Gasteiger partial charge is 0.405 e. The van der Waals surface area contributed by atoms with Gasteiger partial charge in [0.2, 0.25) is 0 Å². The predicted molar refractivity (Wildman–Crippen MR) is 302 cm³/mol. The van der Waals surface area contributed by atoms with Gasteiger partial charge in [-0.3, -0.25) is 14.6 Å². The van der Waals surface area contributed by atoms with Gasteiger partial charge in [-0.15, -0.1) is 13.2 Å². The largest absolute Gasteiger partial charge is 0.573 e. The number of pyridine rings is 1. The summed E-state index contributed by atoms with van der Waals surface area (Å²) in [6.07, 6.45) is 8.31.